The van der Waals surface area contributed by atoms with Crippen LogP contribution in [-0.2, 0) is 0 Å². The first kappa shape index (κ1) is 13.4. The smallest absolute Gasteiger partial charge is 0.201 e. The molecule has 0 N–H and O–H groups in total. The zero-order valence-corrected chi connectivity index (χ0v) is 12.7. The lowest BCUT2D eigenvalue weighted by Gasteiger charge is -2.09. The van der Waals surface area contributed by atoms with Gasteiger partial charge < -0.3 is 9.15 Å². The molecule has 94 valence electrons. The molecule has 1 heterocycles. The average molecular weight is 374 g/mol. The first-order chi connectivity index (χ1) is 8.63. The second-order valence-electron chi connectivity index (χ2n) is 3.51. The summed E-state index contributed by atoms with van der Waals surface area (Å²) in [4.78, 5) is 12.4. The van der Waals surface area contributed by atoms with Crippen molar-refractivity contribution in [2.24, 2.45) is 0 Å². The maximum Gasteiger partial charge on any atom is 0.201 e. The normalized spacial score (nSPS) is 10.4. The van der Waals surface area contributed by atoms with Gasteiger partial charge in [0.2, 0.25) is 5.78 Å². The number of carbonyl (C=O) groups excluding carboxylic acids is 1. The lowest BCUT2D eigenvalue weighted by atomic mass is 10.1. The summed E-state index contributed by atoms with van der Waals surface area (Å²) in [6.45, 7) is 2.39. The molecule has 0 radical (unpaired) electrons. The van der Waals surface area contributed by atoms with Gasteiger partial charge in [-0.15, -0.1) is 0 Å². The minimum absolute atomic E-state index is 0.139. The molecule has 2 aromatic rings. The van der Waals surface area contributed by atoms with E-state index in [0.717, 1.165) is 4.47 Å². The van der Waals surface area contributed by atoms with Gasteiger partial charge in [-0.3, -0.25) is 4.79 Å². The highest BCUT2D eigenvalue weighted by Gasteiger charge is 2.19. The van der Waals surface area contributed by atoms with E-state index < -0.39 is 0 Å². The Morgan fingerprint density at radius 3 is 2.67 bits per heavy atom. The Morgan fingerprint density at radius 2 is 2.06 bits per heavy atom. The van der Waals surface area contributed by atoms with Gasteiger partial charge in [-0.25, -0.2) is 0 Å². The summed E-state index contributed by atoms with van der Waals surface area (Å²) in [6.07, 6.45) is 1.47. The van der Waals surface area contributed by atoms with E-state index in [1.807, 2.05) is 13.0 Å². The Balaban J connectivity index is 2.46. The van der Waals surface area contributed by atoms with Crippen LogP contribution in [0.3, 0.4) is 0 Å². The van der Waals surface area contributed by atoms with Gasteiger partial charge in [0, 0.05) is 4.47 Å². The lowest BCUT2D eigenvalue weighted by molar-refractivity contribution is 0.103. The number of ether oxygens (including phenoxy) is 1. The molecule has 5 heteroatoms. The van der Waals surface area contributed by atoms with Crippen LogP contribution in [0, 0.1) is 0 Å². The second kappa shape index (κ2) is 5.71. The maximum atomic E-state index is 12.4. The summed E-state index contributed by atoms with van der Waals surface area (Å²) < 4.78 is 11.8. The van der Waals surface area contributed by atoms with E-state index in [0.29, 0.717) is 28.2 Å². The first-order valence-corrected chi connectivity index (χ1v) is 6.92. The van der Waals surface area contributed by atoms with E-state index >= 15 is 0 Å². The van der Waals surface area contributed by atoms with Gasteiger partial charge in [0.25, 0.3) is 0 Å². The number of rotatable bonds is 4. The molecule has 3 nitrogen and oxygen atoms in total. The fourth-order valence-corrected chi connectivity index (χ4v) is 2.34. The third kappa shape index (κ3) is 2.67. The highest BCUT2D eigenvalue weighted by atomic mass is 79.9. The molecule has 1 aromatic carbocycles. The molecule has 0 bridgehead atoms. The Bertz CT molecular complexity index is 575. The van der Waals surface area contributed by atoms with Gasteiger partial charge in [0.1, 0.15) is 5.75 Å². The van der Waals surface area contributed by atoms with E-state index in [1.165, 1.54) is 6.26 Å². The monoisotopic (exact) mass is 372 g/mol. The van der Waals surface area contributed by atoms with Crippen molar-refractivity contribution in [3.05, 3.63) is 50.8 Å². The quantitative estimate of drug-likeness (QED) is 0.744. The van der Waals surface area contributed by atoms with Crippen molar-refractivity contribution in [1.82, 2.24) is 0 Å². The number of benzene rings is 1. The fraction of sp³-hybridized carbons (Fsp3) is 0.154. The summed E-state index contributed by atoms with van der Waals surface area (Å²) in [7, 11) is 0. The molecule has 18 heavy (non-hydrogen) atoms. The van der Waals surface area contributed by atoms with Crippen LogP contribution < -0.4 is 4.74 Å². The molecule has 2 rings (SSSR count). The van der Waals surface area contributed by atoms with Crippen LogP contribution in [0.25, 0.3) is 0 Å². The Hall–Kier alpha value is -1.07. The van der Waals surface area contributed by atoms with Crippen LogP contribution in [0.2, 0.25) is 0 Å². The van der Waals surface area contributed by atoms with Crippen molar-refractivity contribution >= 4 is 37.6 Å². The SMILES string of the molecule is CCOc1ccc(Br)cc1C(=O)c1ccoc1Br. The standard InChI is InChI=1S/C13H10Br2O3/c1-2-17-11-4-3-8(14)7-10(11)12(16)9-5-6-18-13(9)15/h3-7H,2H2,1H3. The van der Waals surface area contributed by atoms with E-state index in [2.05, 4.69) is 31.9 Å². The highest BCUT2D eigenvalue weighted by molar-refractivity contribution is 9.10. The average Bonchev–Trinajstić information content (AvgIpc) is 2.77. The predicted molar refractivity (Wildman–Crippen MR) is 75.2 cm³/mol. The molecular weight excluding hydrogens is 364 g/mol. The van der Waals surface area contributed by atoms with Crippen LogP contribution in [-0.4, -0.2) is 12.4 Å². The molecule has 0 saturated carbocycles. The van der Waals surface area contributed by atoms with Gasteiger partial charge in [0.15, 0.2) is 4.67 Å². The maximum absolute atomic E-state index is 12.4. The van der Waals surface area contributed by atoms with Gasteiger partial charge >= 0.3 is 0 Å². The third-order valence-corrected chi connectivity index (χ3v) is 3.46. The molecular formula is C13H10Br2O3. The molecule has 0 spiro atoms. The summed E-state index contributed by atoms with van der Waals surface area (Å²) in [5.74, 6) is 0.430. The molecule has 0 aliphatic rings. The topological polar surface area (TPSA) is 39.4 Å². The lowest BCUT2D eigenvalue weighted by Crippen LogP contribution is -2.05. The number of ketones is 1. The minimum atomic E-state index is -0.139. The van der Waals surface area contributed by atoms with Crippen LogP contribution in [0.15, 0.2) is 44.1 Å². The van der Waals surface area contributed by atoms with Crippen molar-refractivity contribution in [2.45, 2.75) is 6.92 Å². The third-order valence-electron chi connectivity index (χ3n) is 2.35. The van der Waals surface area contributed by atoms with Crippen molar-refractivity contribution in [3.8, 4) is 5.75 Å². The van der Waals surface area contributed by atoms with Crippen LogP contribution in [0.4, 0.5) is 0 Å². The predicted octanol–water partition coefficient (Wildman–Crippen LogP) is 4.43. The van der Waals surface area contributed by atoms with Crippen molar-refractivity contribution in [2.75, 3.05) is 6.61 Å². The van der Waals surface area contributed by atoms with Gasteiger partial charge in [-0.1, -0.05) is 15.9 Å². The zero-order valence-electron chi connectivity index (χ0n) is 9.57. The molecule has 1 aromatic heterocycles. The number of furan rings is 1. The molecule has 0 fully saturated rings. The zero-order chi connectivity index (χ0) is 13.1. The molecule has 0 atom stereocenters. The second-order valence-corrected chi connectivity index (χ2v) is 5.15. The summed E-state index contributed by atoms with van der Waals surface area (Å²) >= 11 is 6.56. The van der Waals surface area contributed by atoms with Crippen LogP contribution in [0.1, 0.15) is 22.8 Å². The van der Waals surface area contributed by atoms with E-state index in [-0.39, 0.29) is 5.78 Å². The minimum Gasteiger partial charge on any atom is -0.493 e. The van der Waals surface area contributed by atoms with E-state index in [1.54, 1.807) is 18.2 Å². The summed E-state index contributed by atoms with van der Waals surface area (Å²) in [5.41, 5.74) is 0.988. The largest absolute Gasteiger partial charge is 0.493 e. The molecule has 0 saturated heterocycles. The number of carbonyl (C=O) groups is 1. The van der Waals surface area contributed by atoms with Crippen molar-refractivity contribution in [1.29, 1.82) is 0 Å². The molecule has 0 aliphatic heterocycles. The highest BCUT2D eigenvalue weighted by Crippen LogP contribution is 2.28. The van der Waals surface area contributed by atoms with Crippen molar-refractivity contribution < 1.29 is 13.9 Å². The van der Waals surface area contributed by atoms with Crippen LogP contribution in [0.5, 0.6) is 5.75 Å². The van der Waals surface area contributed by atoms with Gasteiger partial charge in [-0.2, -0.15) is 0 Å². The Morgan fingerprint density at radius 1 is 1.28 bits per heavy atom. The molecule has 0 unspecified atom stereocenters. The van der Waals surface area contributed by atoms with Gasteiger partial charge in [0.05, 0.1) is 24.0 Å². The number of hydrogen-bond donors (Lipinski definition) is 0. The summed E-state index contributed by atoms with van der Waals surface area (Å²) in [6, 6.07) is 6.98. The number of halogens is 2. The van der Waals surface area contributed by atoms with Crippen molar-refractivity contribution in [3.63, 3.8) is 0 Å². The Labute approximate surface area is 121 Å². The van der Waals surface area contributed by atoms with E-state index in [9.17, 15) is 4.79 Å². The molecule has 0 amide bonds. The molecule has 0 aliphatic carbocycles. The summed E-state index contributed by atoms with van der Waals surface area (Å²) in [5, 5.41) is 0. The Kier molecular flexibility index (Phi) is 4.24. The van der Waals surface area contributed by atoms with E-state index in [4.69, 9.17) is 9.15 Å². The number of hydrogen-bond acceptors (Lipinski definition) is 3. The van der Waals surface area contributed by atoms with Gasteiger partial charge in [-0.05, 0) is 47.1 Å². The fourth-order valence-electron chi connectivity index (χ4n) is 1.56. The first-order valence-electron chi connectivity index (χ1n) is 5.33. The van der Waals surface area contributed by atoms with Crippen LogP contribution >= 0.6 is 31.9 Å².